The van der Waals surface area contributed by atoms with Gasteiger partial charge >= 0.3 is 0 Å². The highest BCUT2D eigenvalue weighted by Crippen LogP contribution is 2.24. The summed E-state index contributed by atoms with van der Waals surface area (Å²) in [6.45, 7) is 2.64. The van der Waals surface area contributed by atoms with E-state index in [0.29, 0.717) is 6.54 Å². The molecule has 1 saturated heterocycles. The quantitative estimate of drug-likeness (QED) is 0.876. The first-order valence-electron chi connectivity index (χ1n) is 7.89. The van der Waals surface area contributed by atoms with Crippen molar-refractivity contribution in [3.8, 4) is 0 Å². The van der Waals surface area contributed by atoms with Crippen molar-refractivity contribution >= 4 is 11.7 Å². The van der Waals surface area contributed by atoms with Gasteiger partial charge < -0.3 is 11.1 Å². The van der Waals surface area contributed by atoms with Crippen molar-refractivity contribution in [3.05, 3.63) is 54.0 Å². The second kappa shape index (κ2) is 7.19. The zero-order valence-electron chi connectivity index (χ0n) is 13.0. The Morgan fingerprint density at radius 1 is 1.17 bits per heavy atom. The molecule has 0 aliphatic carbocycles. The van der Waals surface area contributed by atoms with E-state index in [1.54, 1.807) is 0 Å². The first-order valence-corrected chi connectivity index (χ1v) is 7.89. The van der Waals surface area contributed by atoms with E-state index in [2.05, 4.69) is 32.3 Å². The predicted octanol–water partition coefficient (Wildman–Crippen LogP) is 1.63. The average molecular weight is 311 g/mol. The molecule has 0 bridgehead atoms. The van der Waals surface area contributed by atoms with Gasteiger partial charge in [-0.05, 0) is 31.5 Å². The maximum atomic E-state index is 12.3. The van der Waals surface area contributed by atoms with Crippen LogP contribution in [0.15, 0.2) is 42.7 Å². The van der Waals surface area contributed by atoms with Gasteiger partial charge in [0.2, 0.25) is 0 Å². The van der Waals surface area contributed by atoms with Crippen LogP contribution in [-0.2, 0) is 0 Å². The second-order valence-electron chi connectivity index (χ2n) is 5.67. The molecule has 0 saturated carbocycles. The molecule has 1 fully saturated rings. The van der Waals surface area contributed by atoms with Crippen LogP contribution in [0.25, 0.3) is 0 Å². The lowest BCUT2D eigenvalue weighted by Crippen LogP contribution is -2.37. The molecular formula is C17H21N5O. The maximum Gasteiger partial charge on any atom is 0.273 e. The van der Waals surface area contributed by atoms with Gasteiger partial charge in [0.1, 0.15) is 0 Å². The smallest absolute Gasteiger partial charge is 0.273 e. The SMILES string of the molecule is Nc1nccnc1C(=O)NC[C@H](c1ccccc1)N1CCCC1. The van der Waals surface area contributed by atoms with E-state index in [9.17, 15) is 4.79 Å². The van der Waals surface area contributed by atoms with Crippen LogP contribution in [-0.4, -0.2) is 40.4 Å². The van der Waals surface area contributed by atoms with Gasteiger partial charge in [0.05, 0.1) is 6.04 Å². The largest absolute Gasteiger partial charge is 0.382 e. The number of benzene rings is 1. The Bertz CT molecular complexity index is 655. The second-order valence-corrected chi connectivity index (χ2v) is 5.67. The highest BCUT2D eigenvalue weighted by atomic mass is 16.1. The van der Waals surface area contributed by atoms with Gasteiger partial charge in [-0.1, -0.05) is 30.3 Å². The zero-order chi connectivity index (χ0) is 16.1. The Morgan fingerprint density at radius 3 is 2.57 bits per heavy atom. The number of aromatic nitrogens is 2. The number of carbonyl (C=O) groups is 1. The number of hydrogen-bond acceptors (Lipinski definition) is 5. The first-order chi connectivity index (χ1) is 11.3. The van der Waals surface area contributed by atoms with Crippen molar-refractivity contribution < 1.29 is 4.79 Å². The Kier molecular flexibility index (Phi) is 4.83. The van der Waals surface area contributed by atoms with E-state index in [1.807, 2.05) is 18.2 Å². The number of hydrogen-bond donors (Lipinski definition) is 2. The minimum atomic E-state index is -0.282. The molecule has 120 valence electrons. The molecule has 6 heteroatoms. The molecule has 0 radical (unpaired) electrons. The van der Waals surface area contributed by atoms with Gasteiger partial charge in [-0.15, -0.1) is 0 Å². The Hall–Kier alpha value is -2.47. The third-order valence-corrected chi connectivity index (χ3v) is 4.16. The van der Waals surface area contributed by atoms with Crippen LogP contribution in [0.3, 0.4) is 0 Å². The van der Waals surface area contributed by atoms with Crippen LogP contribution in [0.4, 0.5) is 5.82 Å². The minimum Gasteiger partial charge on any atom is -0.382 e. The minimum absolute atomic E-state index is 0.155. The van der Waals surface area contributed by atoms with E-state index in [4.69, 9.17) is 5.73 Å². The van der Waals surface area contributed by atoms with Crippen LogP contribution in [0.1, 0.15) is 34.9 Å². The summed E-state index contributed by atoms with van der Waals surface area (Å²) in [6.07, 6.45) is 5.35. The number of nitrogen functional groups attached to an aromatic ring is 1. The van der Waals surface area contributed by atoms with E-state index in [-0.39, 0.29) is 23.5 Å². The summed E-state index contributed by atoms with van der Waals surface area (Å²) in [6, 6.07) is 10.4. The van der Waals surface area contributed by atoms with Crippen molar-refractivity contribution in [1.29, 1.82) is 0 Å². The molecular weight excluding hydrogens is 290 g/mol. The normalized spacial score (nSPS) is 16.2. The van der Waals surface area contributed by atoms with Gasteiger partial charge in [-0.3, -0.25) is 9.69 Å². The molecule has 3 N–H and O–H groups in total. The predicted molar refractivity (Wildman–Crippen MR) is 88.8 cm³/mol. The number of carbonyl (C=O) groups excluding carboxylic acids is 1. The van der Waals surface area contributed by atoms with E-state index < -0.39 is 0 Å². The van der Waals surface area contributed by atoms with E-state index >= 15 is 0 Å². The lowest BCUT2D eigenvalue weighted by molar-refractivity contribution is 0.0933. The van der Waals surface area contributed by atoms with Crippen molar-refractivity contribution in [2.75, 3.05) is 25.4 Å². The molecule has 6 nitrogen and oxygen atoms in total. The van der Waals surface area contributed by atoms with Crippen LogP contribution < -0.4 is 11.1 Å². The van der Waals surface area contributed by atoms with Crippen molar-refractivity contribution in [2.45, 2.75) is 18.9 Å². The molecule has 23 heavy (non-hydrogen) atoms. The Morgan fingerprint density at radius 2 is 1.87 bits per heavy atom. The summed E-state index contributed by atoms with van der Waals surface area (Å²) in [5.41, 5.74) is 7.11. The standard InChI is InChI=1S/C17H21N5O/c18-16-15(19-8-9-20-16)17(23)21-12-14(22-10-4-5-11-22)13-6-2-1-3-7-13/h1-3,6-9,14H,4-5,10-12H2,(H2,18,20)(H,21,23)/t14-/m1/s1. The molecule has 2 heterocycles. The fourth-order valence-electron chi connectivity index (χ4n) is 2.98. The summed E-state index contributed by atoms with van der Waals surface area (Å²) in [5, 5.41) is 2.95. The molecule has 1 aliphatic heterocycles. The third-order valence-electron chi connectivity index (χ3n) is 4.16. The first kappa shape index (κ1) is 15.4. The number of rotatable bonds is 5. The fourth-order valence-corrected chi connectivity index (χ4v) is 2.98. The zero-order valence-corrected chi connectivity index (χ0v) is 13.0. The highest BCUT2D eigenvalue weighted by Gasteiger charge is 2.24. The lowest BCUT2D eigenvalue weighted by atomic mass is 10.1. The molecule has 3 rings (SSSR count). The third kappa shape index (κ3) is 3.65. The summed E-state index contributed by atoms with van der Waals surface area (Å²) < 4.78 is 0. The number of nitrogens with two attached hydrogens (primary N) is 1. The molecule has 1 amide bonds. The van der Waals surface area contributed by atoms with E-state index in [0.717, 1.165) is 13.1 Å². The topological polar surface area (TPSA) is 84.1 Å². The van der Waals surface area contributed by atoms with Crippen LogP contribution in [0.5, 0.6) is 0 Å². The molecule has 2 aromatic rings. The molecule has 1 aromatic heterocycles. The molecule has 1 aromatic carbocycles. The summed E-state index contributed by atoms with van der Waals surface area (Å²) >= 11 is 0. The van der Waals surface area contributed by atoms with Crippen LogP contribution in [0.2, 0.25) is 0 Å². The summed E-state index contributed by atoms with van der Waals surface area (Å²) in [4.78, 5) is 22.6. The summed E-state index contributed by atoms with van der Waals surface area (Å²) in [5.74, 6) is -0.127. The van der Waals surface area contributed by atoms with Crippen molar-refractivity contribution in [2.24, 2.45) is 0 Å². The fraction of sp³-hybridized carbons (Fsp3) is 0.353. The number of amides is 1. The van der Waals surface area contributed by atoms with Gasteiger partial charge in [0.15, 0.2) is 11.5 Å². The van der Waals surface area contributed by atoms with Gasteiger partial charge in [-0.2, -0.15) is 0 Å². The Balaban J connectivity index is 1.72. The van der Waals surface area contributed by atoms with Crippen LogP contribution in [0, 0.1) is 0 Å². The number of likely N-dealkylation sites (tertiary alicyclic amines) is 1. The molecule has 0 spiro atoms. The van der Waals surface area contributed by atoms with Gasteiger partial charge in [-0.25, -0.2) is 9.97 Å². The lowest BCUT2D eigenvalue weighted by Gasteiger charge is -2.28. The number of nitrogens with one attached hydrogen (secondary N) is 1. The summed E-state index contributed by atoms with van der Waals surface area (Å²) in [7, 11) is 0. The van der Waals surface area contributed by atoms with Gasteiger partial charge in [0.25, 0.3) is 5.91 Å². The average Bonchev–Trinajstić information content (AvgIpc) is 3.10. The van der Waals surface area contributed by atoms with Gasteiger partial charge in [0, 0.05) is 18.9 Å². The number of anilines is 1. The van der Waals surface area contributed by atoms with Crippen LogP contribution >= 0.6 is 0 Å². The van der Waals surface area contributed by atoms with Crippen molar-refractivity contribution in [3.63, 3.8) is 0 Å². The van der Waals surface area contributed by atoms with E-state index in [1.165, 1.54) is 30.8 Å². The van der Waals surface area contributed by atoms with Crippen molar-refractivity contribution in [1.82, 2.24) is 20.2 Å². The molecule has 0 unspecified atom stereocenters. The maximum absolute atomic E-state index is 12.3. The molecule has 1 atom stereocenters. The number of nitrogens with zero attached hydrogens (tertiary/aromatic N) is 3. The molecule has 1 aliphatic rings. The highest BCUT2D eigenvalue weighted by molar-refractivity contribution is 5.96. The Labute approximate surface area is 135 Å². The monoisotopic (exact) mass is 311 g/mol.